The van der Waals surface area contributed by atoms with E-state index in [1.165, 1.54) is 29.4 Å². The van der Waals surface area contributed by atoms with Gasteiger partial charge in [0.05, 0.1) is 6.04 Å². The summed E-state index contributed by atoms with van der Waals surface area (Å²) in [4.78, 5) is 12.6. The van der Waals surface area contributed by atoms with Crippen molar-refractivity contribution in [1.29, 1.82) is 0 Å². The van der Waals surface area contributed by atoms with Gasteiger partial charge < -0.3 is 9.88 Å². The number of hydrogen-bond donors (Lipinski definition) is 2. The maximum Gasteiger partial charge on any atom is 0.268 e. The first-order valence-corrected chi connectivity index (χ1v) is 8.89. The molecular formula is C16H19N3O3S. The second-order valence-corrected chi connectivity index (χ2v) is 7.53. The number of carbonyl (C=O) groups excluding carboxylic acids is 1. The van der Waals surface area contributed by atoms with Gasteiger partial charge in [0.25, 0.3) is 5.91 Å². The zero-order chi connectivity index (χ0) is 16.6. The molecule has 2 N–H and O–H groups in total. The maximum absolute atomic E-state index is 12.5. The summed E-state index contributed by atoms with van der Waals surface area (Å²) < 4.78 is 27.5. The van der Waals surface area contributed by atoms with Crippen LogP contribution in [-0.2, 0) is 23.5 Å². The van der Waals surface area contributed by atoms with Crippen LogP contribution in [0.5, 0.6) is 0 Å². The first-order valence-electron chi connectivity index (χ1n) is 7.41. The Balaban J connectivity index is 1.83. The molecule has 0 bridgehead atoms. The molecule has 0 saturated heterocycles. The number of nitrogens with one attached hydrogen (secondary N) is 2. The largest absolute Gasteiger partial charge is 0.345 e. The highest BCUT2D eigenvalue weighted by molar-refractivity contribution is 7.89. The number of carbonyl (C=O) groups is 1. The lowest BCUT2D eigenvalue weighted by atomic mass is 10.1. The number of benzene rings is 1. The van der Waals surface area contributed by atoms with Gasteiger partial charge in [-0.3, -0.25) is 4.79 Å². The van der Waals surface area contributed by atoms with Gasteiger partial charge in [0.2, 0.25) is 10.0 Å². The predicted molar refractivity (Wildman–Crippen MR) is 86.6 cm³/mol. The van der Waals surface area contributed by atoms with Crippen molar-refractivity contribution in [2.75, 3.05) is 7.05 Å². The average molecular weight is 333 g/mol. The Bertz CT molecular complexity index is 855. The van der Waals surface area contributed by atoms with Crippen molar-refractivity contribution in [1.82, 2.24) is 14.6 Å². The fourth-order valence-electron chi connectivity index (χ4n) is 2.96. The van der Waals surface area contributed by atoms with Crippen LogP contribution in [0.15, 0.2) is 41.4 Å². The van der Waals surface area contributed by atoms with Crippen LogP contribution in [0.3, 0.4) is 0 Å². The Morgan fingerprint density at radius 1 is 1.30 bits per heavy atom. The van der Waals surface area contributed by atoms with Crippen molar-refractivity contribution >= 4 is 15.9 Å². The lowest BCUT2D eigenvalue weighted by molar-refractivity contribution is 0.0928. The second-order valence-electron chi connectivity index (χ2n) is 5.64. The summed E-state index contributed by atoms with van der Waals surface area (Å²) in [5.74, 6) is -0.272. The summed E-state index contributed by atoms with van der Waals surface area (Å²) >= 11 is 0. The number of amides is 1. The second kappa shape index (κ2) is 5.82. The fraction of sp³-hybridized carbons (Fsp3) is 0.312. The first kappa shape index (κ1) is 15.8. The molecule has 23 heavy (non-hydrogen) atoms. The molecule has 1 aliphatic rings. The SMILES string of the molecule is CNS(=O)(=O)c1cc(C(=O)N[C@@H]2CCc3ccccc32)n(C)c1. The van der Waals surface area contributed by atoms with E-state index in [4.69, 9.17) is 0 Å². The Hall–Kier alpha value is -2.12. The van der Waals surface area contributed by atoms with Crippen LogP contribution in [0.2, 0.25) is 0 Å². The highest BCUT2D eigenvalue weighted by atomic mass is 32.2. The molecular weight excluding hydrogens is 314 g/mol. The molecule has 2 aromatic rings. The zero-order valence-corrected chi connectivity index (χ0v) is 13.9. The molecule has 0 aliphatic heterocycles. The molecule has 1 aliphatic carbocycles. The van der Waals surface area contributed by atoms with E-state index in [1.54, 1.807) is 7.05 Å². The normalized spacial score (nSPS) is 17.0. The molecule has 7 heteroatoms. The third-order valence-corrected chi connectivity index (χ3v) is 5.61. The van der Waals surface area contributed by atoms with Crippen molar-refractivity contribution in [3.63, 3.8) is 0 Å². The number of sulfonamides is 1. The molecule has 1 heterocycles. The molecule has 1 atom stereocenters. The summed E-state index contributed by atoms with van der Waals surface area (Å²) in [6, 6.07) is 9.41. The van der Waals surface area contributed by atoms with Crippen LogP contribution in [-0.4, -0.2) is 25.9 Å². The van der Waals surface area contributed by atoms with Gasteiger partial charge in [0.15, 0.2) is 0 Å². The van der Waals surface area contributed by atoms with Crippen LogP contribution >= 0.6 is 0 Å². The van der Waals surface area contributed by atoms with Gasteiger partial charge in [0.1, 0.15) is 10.6 Å². The van der Waals surface area contributed by atoms with Gasteiger partial charge in [-0.1, -0.05) is 24.3 Å². The van der Waals surface area contributed by atoms with E-state index in [0.717, 1.165) is 18.4 Å². The molecule has 1 aromatic heterocycles. The van der Waals surface area contributed by atoms with Gasteiger partial charge in [-0.25, -0.2) is 13.1 Å². The third kappa shape index (κ3) is 2.89. The molecule has 0 saturated carbocycles. The molecule has 1 aromatic carbocycles. The van der Waals surface area contributed by atoms with E-state index >= 15 is 0 Å². The molecule has 122 valence electrons. The third-order valence-electron chi connectivity index (χ3n) is 4.23. The van der Waals surface area contributed by atoms with Crippen LogP contribution in [0, 0.1) is 0 Å². The Morgan fingerprint density at radius 3 is 2.78 bits per heavy atom. The Morgan fingerprint density at radius 2 is 2.04 bits per heavy atom. The van der Waals surface area contributed by atoms with Gasteiger partial charge in [0, 0.05) is 13.2 Å². The number of nitrogens with zero attached hydrogens (tertiary/aromatic N) is 1. The molecule has 0 unspecified atom stereocenters. The topological polar surface area (TPSA) is 80.2 Å². The Labute approximate surface area is 135 Å². The van der Waals surface area contributed by atoms with Crippen molar-refractivity contribution in [3.8, 4) is 0 Å². The lowest BCUT2D eigenvalue weighted by Gasteiger charge is -2.14. The van der Waals surface area contributed by atoms with E-state index in [-0.39, 0.29) is 16.8 Å². The fourth-order valence-corrected chi connectivity index (χ4v) is 3.76. The number of rotatable bonds is 4. The van der Waals surface area contributed by atoms with E-state index in [1.807, 2.05) is 18.2 Å². The standard InChI is InChI=1S/C16H19N3O3S/c1-17-23(21,22)12-9-15(19(2)10-12)16(20)18-14-8-7-11-5-3-4-6-13(11)14/h3-6,9-10,14,17H,7-8H2,1-2H3,(H,18,20)/t14-/m1/s1. The maximum atomic E-state index is 12.5. The minimum atomic E-state index is -3.56. The first-order chi connectivity index (χ1) is 10.9. The van der Waals surface area contributed by atoms with Gasteiger partial charge in [-0.15, -0.1) is 0 Å². The summed E-state index contributed by atoms with van der Waals surface area (Å²) in [5.41, 5.74) is 2.71. The number of aromatic nitrogens is 1. The smallest absolute Gasteiger partial charge is 0.268 e. The van der Waals surface area contributed by atoms with Crippen LogP contribution < -0.4 is 10.0 Å². The van der Waals surface area contributed by atoms with E-state index in [0.29, 0.717) is 5.69 Å². The number of fused-ring (bicyclic) bond motifs is 1. The van der Waals surface area contributed by atoms with E-state index in [9.17, 15) is 13.2 Å². The van der Waals surface area contributed by atoms with Crippen LogP contribution in [0.4, 0.5) is 0 Å². The summed E-state index contributed by atoms with van der Waals surface area (Å²) in [6.45, 7) is 0. The van der Waals surface area contributed by atoms with Crippen LogP contribution in [0.25, 0.3) is 0 Å². The molecule has 1 amide bonds. The van der Waals surface area contributed by atoms with Gasteiger partial charge >= 0.3 is 0 Å². The molecule has 0 radical (unpaired) electrons. The number of hydrogen-bond acceptors (Lipinski definition) is 3. The Kier molecular flexibility index (Phi) is 3.99. The summed E-state index contributed by atoms with van der Waals surface area (Å²) in [5, 5.41) is 3.00. The highest BCUT2D eigenvalue weighted by Gasteiger charge is 2.25. The zero-order valence-electron chi connectivity index (χ0n) is 13.0. The van der Waals surface area contributed by atoms with Crippen molar-refractivity contribution in [2.45, 2.75) is 23.8 Å². The van der Waals surface area contributed by atoms with E-state index in [2.05, 4.69) is 16.1 Å². The minimum Gasteiger partial charge on any atom is -0.345 e. The van der Waals surface area contributed by atoms with Gasteiger partial charge in [-0.2, -0.15) is 0 Å². The van der Waals surface area contributed by atoms with Crippen LogP contribution in [0.1, 0.15) is 34.1 Å². The quantitative estimate of drug-likeness (QED) is 0.886. The van der Waals surface area contributed by atoms with Crippen molar-refractivity contribution < 1.29 is 13.2 Å². The predicted octanol–water partition coefficient (Wildman–Crippen LogP) is 1.35. The molecule has 0 spiro atoms. The summed E-state index contributed by atoms with van der Waals surface area (Å²) in [7, 11) is -0.556. The molecule has 3 rings (SSSR count). The lowest BCUT2D eigenvalue weighted by Crippen LogP contribution is -2.28. The van der Waals surface area contributed by atoms with Gasteiger partial charge in [-0.05, 0) is 37.1 Å². The van der Waals surface area contributed by atoms with Crippen molar-refractivity contribution in [2.24, 2.45) is 7.05 Å². The minimum absolute atomic E-state index is 0.0297. The summed E-state index contributed by atoms with van der Waals surface area (Å²) in [6.07, 6.45) is 3.23. The van der Waals surface area contributed by atoms with E-state index < -0.39 is 10.0 Å². The van der Waals surface area contributed by atoms with Crippen molar-refractivity contribution in [3.05, 3.63) is 53.3 Å². The number of aryl methyl sites for hydroxylation is 2. The molecule has 0 fully saturated rings. The average Bonchev–Trinajstić information content (AvgIpc) is 3.12. The monoisotopic (exact) mass is 333 g/mol. The highest BCUT2D eigenvalue weighted by Crippen LogP contribution is 2.31. The molecule has 6 nitrogen and oxygen atoms in total.